The van der Waals surface area contributed by atoms with Crippen molar-refractivity contribution in [3.63, 3.8) is 0 Å². The molecule has 10 heteroatoms. The van der Waals surface area contributed by atoms with Crippen molar-refractivity contribution in [1.29, 1.82) is 0 Å². The number of ketones is 1. The van der Waals surface area contributed by atoms with Gasteiger partial charge in [-0.25, -0.2) is 14.2 Å². The summed E-state index contributed by atoms with van der Waals surface area (Å²) in [4.78, 5) is 28.5. The van der Waals surface area contributed by atoms with Gasteiger partial charge in [0.15, 0.2) is 5.01 Å². The largest absolute Gasteiger partial charge is 0.598 e. The molecule has 1 aromatic carbocycles. The molecule has 0 amide bonds. The van der Waals surface area contributed by atoms with Gasteiger partial charge in [-0.15, -0.1) is 16.1 Å². The van der Waals surface area contributed by atoms with Gasteiger partial charge in [0.25, 0.3) is 0 Å². The van der Waals surface area contributed by atoms with Crippen LogP contribution in [-0.4, -0.2) is 35.8 Å². The Labute approximate surface area is 167 Å². The topological polar surface area (TPSA) is 107 Å². The molecule has 0 spiro atoms. The van der Waals surface area contributed by atoms with Crippen LogP contribution in [0.25, 0.3) is 10.9 Å². The van der Waals surface area contributed by atoms with Gasteiger partial charge in [-0.2, -0.15) is 0 Å². The number of aromatic nitrogens is 2. The molecule has 0 saturated heterocycles. The van der Waals surface area contributed by atoms with Crippen LogP contribution in [0.1, 0.15) is 41.8 Å². The summed E-state index contributed by atoms with van der Waals surface area (Å²) in [5.74, 6) is -1.05. The van der Waals surface area contributed by atoms with Crippen molar-refractivity contribution >= 4 is 45.5 Å². The third-order valence-corrected chi connectivity index (χ3v) is 6.31. The summed E-state index contributed by atoms with van der Waals surface area (Å²) in [6.45, 7) is 5.75. The highest BCUT2D eigenvalue weighted by Crippen LogP contribution is 2.26. The average molecular weight is 423 g/mol. The molecule has 3 rings (SSSR count). The van der Waals surface area contributed by atoms with Gasteiger partial charge in [-0.3, -0.25) is 9.36 Å². The fourth-order valence-corrected chi connectivity index (χ4v) is 3.99. The maximum atomic E-state index is 13.5. The second-order valence-electron chi connectivity index (χ2n) is 7.03. The second kappa shape index (κ2) is 7.63. The van der Waals surface area contributed by atoms with Gasteiger partial charge < -0.3 is 9.66 Å². The number of carbonyl (C=O) groups is 2. The SMILES string of the molecule is CC(C)(C)[S+]([O-])NCc1csc(C(=O)c2cn(C(=O)O)c3cc(F)ccc23)n1. The van der Waals surface area contributed by atoms with Crippen molar-refractivity contribution in [2.45, 2.75) is 32.1 Å². The van der Waals surface area contributed by atoms with E-state index in [1.165, 1.54) is 18.3 Å². The Bertz CT molecular complexity index is 1050. The first-order valence-corrected chi connectivity index (χ1v) is 10.3. The molecule has 2 N–H and O–H groups in total. The zero-order valence-corrected chi connectivity index (χ0v) is 17.0. The van der Waals surface area contributed by atoms with E-state index in [4.69, 9.17) is 0 Å². The molecule has 1 unspecified atom stereocenters. The number of carboxylic acid groups (broad SMARTS) is 1. The van der Waals surface area contributed by atoms with Crippen molar-refractivity contribution in [2.24, 2.45) is 0 Å². The summed E-state index contributed by atoms with van der Waals surface area (Å²) >= 11 is -0.162. The van der Waals surface area contributed by atoms with Crippen LogP contribution in [0, 0.1) is 5.82 Å². The van der Waals surface area contributed by atoms with E-state index in [1.54, 1.807) is 5.38 Å². The predicted octanol–water partition coefficient (Wildman–Crippen LogP) is 3.55. The zero-order valence-electron chi connectivity index (χ0n) is 15.4. The molecule has 28 heavy (non-hydrogen) atoms. The Morgan fingerprint density at radius 2 is 2.11 bits per heavy atom. The number of hydrogen-bond acceptors (Lipinski definition) is 6. The smallest absolute Gasteiger partial charge is 0.416 e. The van der Waals surface area contributed by atoms with Crippen LogP contribution in [0.15, 0.2) is 29.8 Å². The maximum absolute atomic E-state index is 13.5. The summed E-state index contributed by atoms with van der Waals surface area (Å²) in [5, 5.41) is 11.5. The maximum Gasteiger partial charge on any atom is 0.416 e. The van der Waals surface area contributed by atoms with E-state index >= 15 is 0 Å². The van der Waals surface area contributed by atoms with Gasteiger partial charge in [0.1, 0.15) is 10.6 Å². The van der Waals surface area contributed by atoms with E-state index in [9.17, 15) is 23.6 Å². The highest BCUT2D eigenvalue weighted by molar-refractivity contribution is 7.90. The normalized spacial score (nSPS) is 13.0. The summed E-state index contributed by atoms with van der Waals surface area (Å²) in [5.41, 5.74) is 0.776. The quantitative estimate of drug-likeness (QED) is 0.480. The van der Waals surface area contributed by atoms with Crippen LogP contribution in [0.4, 0.5) is 9.18 Å². The molecular weight excluding hydrogens is 405 g/mol. The van der Waals surface area contributed by atoms with Gasteiger partial charge in [0.2, 0.25) is 5.78 Å². The second-order valence-corrected chi connectivity index (χ2v) is 9.94. The molecule has 3 aromatic rings. The molecule has 1 atom stereocenters. The number of benzene rings is 1. The van der Waals surface area contributed by atoms with Gasteiger partial charge in [-0.05, 0) is 39.0 Å². The fraction of sp³-hybridized carbons (Fsp3) is 0.278. The van der Waals surface area contributed by atoms with Crippen LogP contribution < -0.4 is 4.72 Å². The van der Waals surface area contributed by atoms with E-state index in [0.717, 1.165) is 22.0 Å². The number of nitrogens with one attached hydrogen (secondary N) is 1. The molecule has 0 aliphatic carbocycles. The lowest BCUT2D eigenvalue weighted by Gasteiger charge is -2.23. The highest BCUT2D eigenvalue weighted by atomic mass is 32.2. The van der Waals surface area contributed by atoms with E-state index < -0.39 is 33.8 Å². The minimum Gasteiger partial charge on any atom is -0.598 e. The minimum absolute atomic E-state index is 0.0925. The fourth-order valence-electron chi connectivity index (χ4n) is 2.50. The lowest BCUT2D eigenvalue weighted by molar-refractivity contribution is 0.103. The molecule has 7 nitrogen and oxygen atoms in total. The van der Waals surface area contributed by atoms with Crippen LogP contribution in [0.3, 0.4) is 0 Å². The monoisotopic (exact) mass is 423 g/mol. The molecule has 0 fully saturated rings. The molecule has 0 radical (unpaired) electrons. The summed E-state index contributed by atoms with van der Waals surface area (Å²) in [7, 11) is 0. The Balaban J connectivity index is 1.87. The molecular formula is C18H18FN3O4S2. The molecule has 0 aliphatic rings. The standard InChI is InChI=1S/C18H18FN3O4S2/c1-18(2,3)28(26)20-7-11-9-27-16(21-11)15(23)13-8-22(17(24)25)14-6-10(19)4-5-12(13)14/h4-6,8-9,20H,7H2,1-3H3,(H,24,25). The average Bonchev–Trinajstić information content (AvgIpc) is 3.22. The molecule has 2 heterocycles. The van der Waals surface area contributed by atoms with Crippen LogP contribution in [0.5, 0.6) is 0 Å². The number of carbonyl (C=O) groups excluding carboxylic acids is 1. The van der Waals surface area contributed by atoms with Crippen molar-refractivity contribution in [3.05, 3.63) is 51.9 Å². The molecule has 0 aliphatic heterocycles. The number of rotatable bonds is 5. The van der Waals surface area contributed by atoms with E-state index in [0.29, 0.717) is 11.1 Å². The first-order valence-electron chi connectivity index (χ1n) is 8.26. The first-order chi connectivity index (χ1) is 13.1. The van der Waals surface area contributed by atoms with Crippen molar-refractivity contribution in [2.75, 3.05) is 0 Å². The lowest BCUT2D eigenvalue weighted by atomic mass is 10.1. The van der Waals surface area contributed by atoms with Crippen molar-refractivity contribution in [1.82, 2.24) is 14.3 Å². The molecule has 2 aromatic heterocycles. The van der Waals surface area contributed by atoms with Crippen molar-refractivity contribution < 1.29 is 23.6 Å². The third kappa shape index (κ3) is 4.09. The first kappa shape index (κ1) is 20.5. The van der Waals surface area contributed by atoms with E-state index in [1.807, 2.05) is 20.8 Å². The summed E-state index contributed by atoms with van der Waals surface area (Å²) in [6.07, 6.45) is -0.147. The predicted molar refractivity (Wildman–Crippen MR) is 106 cm³/mol. The van der Waals surface area contributed by atoms with Crippen LogP contribution >= 0.6 is 11.3 Å². The van der Waals surface area contributed by atoms with Crippen LogP contribution in [0.2, 0.25) is 0 Å². The number of thiazole rings is 1. The zero-order chi connectivity index (χ0) is 20.6. The van der Waals surface area contributed by atoms with Gasteiger partial charge >= 0.3 is 6.09 Å². The van der Waals surface area contributed by atoms with Gasteiger partial charge in [0, 0.05) is 28.3 Å². The Morgan fingerprint density at radius 3 is 2.75 bits per heavy atom. The minimum atomic E-state index is -1.32. The number of hydrogen-bond donors (Lipinski definition) is 2. The van der Waals surface area contributed by atoms with E-state index in [2.05, 4.69) is 9.71 Å². The Kier molecular flexibility index (Phi) is 5.57. The highest BCUT2D eigenvalue weighted by Gasteiger charge is 2.27. The van der Waals surface area contributed by atoms with Crippen molar-refractivity contribution in [3.8, 4) is 0 Å². The van der Waals surface area contributed by atoms with Crippen LogP contribution in [-0.2, 0) is 17.9 Å². The molecule has 0 bridgehead atoms. The number of fused-ring (bicyclic) bond motifs is 1. The summed E-state index contributed by atoms with van der Waals surface area (Å²) in [6, 6.07) is 3.61. The Hall–Kier alpha value is -2.27. The van der Waals surface area contributed by atoms with Gasteiger partial charge in [0.05, 0.1) is 23.3 Å². The number of halogens is 1. The summed E-state index contributed by atoms with van der Waals surface area (Å²) < 4.78 is 28.8. The number of nitrogens with zero attached hydrogens (tertiary/aromatic N) is 2. The Morgan fingerprint density at radius 1 is 1.39 bits per heavy atom. The molecule has 0 saturated carbocycles. The third-order valence-electron chi connectivity index (χ3n) is 3.90. The molecule has 148 valence electrons. The lowest BCUT2D eigenvalue weighted by Crippen LogP contribution is -2.39. The van der Waals surface area contributed by atoms with E-state index in [-0.39, 0.29) is 22.6 Å². The van der Waals surface area contributed by atoms with Gasteiger partial charge in [-0.1, -0.05) is 0 Å².